The average molecular weight is 357 g/mol. The molecule has 26 heavy (non-hydrogen) atoms. The van der Waals surface area contributed by atoms with Crippen LogP contribution >= 0.6 is 0 Å². The van der Waals surface area contributed by atoms with E-state index in [9.17, 15) is 4.79 Å². The lowest BCUT2D eigenvalue weighted by Crippen LogP contribution is -2.14. The van der Waals surface area contributed by atoms with Crippen LogP contribution in [0.1, 0.15) is 37.0 Å². The number of ether oxygens (including phenoxy) is 3. The SMILES string of the molecule is CCCCOc1ccccc1C(=O)Nc1ccc(OCCOCC)cc1. The third kappa shape index (κ3) is 6.41. The minimum atomic E-state index is -0.192. The maximum absolute atomic E-state index is 12.6. The van der Waals surface area contributed by atoms with Gasteiger partial charge in [0.2, 0.25) is 0 Å². The molecule has 0 saturated heterocycles. The van der Waals surface area contributed by atoms with Crippen LogP contribution in [0.5, 0.6) is 11.5 Å². The van der Waals surface area contributed by atoms with E-state index in [4.69, 9.17) is 14.2 Å². The lowest BCUT2D eigenvalue weighted by Gasteiger charge is -2.12. The van der Waals surface area contributed by atoms with Crippen molar-refractivity contribution < 1.29 is 19.0 Å². The number of para-hydroxylation sites is 1. The molecule has 0 bridgehead atoms. The maximum atomic E-state index is 12.6. The molecule has 0 heterocycles. The van der Waals surface area contributed by atoms with Crippen molar-refractivity contribution in [1.29, 1.82) is 0 Å². The van der Waals surface area contributed by atoms with Crippen molar-refractivity contribution in [2.45, 2.75) is 26.7 Å². The summed E-state index contributed by atoms with van der Waals surface area (Å²) in [5.74, 6) is 1.16. The largest absolute Gasteiger partial charge is 0.493 e. The minimum absolute atomic E-state index is 0.192. The number of amides is 1. The lowest BCUT2D eigenvalue weighted by atomic mass is 10.2. The Bertz CT molecular complexity index is 670. The Morgan fingerprint density at radius 2 is 1.69 bits per heavy atom. The molecule has 140 valence electrons. The van der Waals surface area contributed by atoms with Crippen LogP contribution in [0.25, 0.3) is 0 Å². The number of benzene rings is 2. The Kier molecular flexibility index (Phi) is 8.49. The molecule has 0 atom stereocenters. The van der Waals surface area contributed by atoms with Crippen LogP contribution in [0.2, 0.25) is 0 Å². The molecule has 2 rings (SSSR count). The molecule has 2 aromatic rings. The van der Waals surface area contributed by atoms with Crippen LogP contribution in [0, 0.1) is 0 Å². The van der Waals surface area contributed by atoms with E-state index in [0.717, 1.165) is 18.6 Å². The molecule has 0 unspecified atom stereocenters. The van der Waals surface area contributed by atoms with E-state index in [-0.39, 0.29) is 5.91 Å². The van der Waals surface area contributed by atoms with Gasteiger partial charge in [0.25, 0.3) is 5.91 Å². The fourth-order valence-electron chi connectivity index (χ4n) is 2.30. The Labute approximate surface area is 155 Å². The normalized spacial score (nSPS) is 10.4. The standard InChI is InChI=1S/C21H27NO4/c1-3-5-14-26-20-9-7-6-8-19(20)21(23)22-17-10-12-18(13-11-17)25-16-15-24-4-2/h6-13H,3-5,14-16H2,1-2H3,(H,22,23). The van der Waals surface area contributed by atoms with E-state index in [1.165, 1.54) is 0 Å². The topological polar surface area (TPSA) is 56.8 Å². The zero-order valence-electron chi connectivity index (χ0n) is 15.5. The van der Waals surface area contributed by atoms with E-state index in [2.05, 4.69) is 12.2 Å². The van der Waals surface area contributed by atoms with Gasteiger partial charge in [-0.2, -0.15) is 0 Å². The molecular weight excluding hydrogens is 330 g/mol. The Hall–Kier alpha value is -2.53. The summed E-state index contributed by atoms with van der Waals surface area (Å²) in [6, 6.07) is 14.6. The number of hydrogen-bond acceptors (Lipinski definition) is 4. The predicted molar refractivity (Wildman–Crippen MR) is 103 cm³/mol. The maximum Gasteiger partial charge on any atom is 0.259 e. The number of carbonyl (C=O) groups excluding carboxylic acids is 1. The third-order valence-electron chi connectivity index (χ3n) is 3.70. The molecule has 0 aliphatic rings. The van der Waals surface area contributed by atoms with Gasteiger partial charge in [-0.1, -0.05) is 25.5 Å². The highest BCUT2D eigenvalue weighted by Gasteiger charge is 2.12. The summed E-state index contributed by atoms with van der Waals surface area (Å²) in [6.07, 6.45) is 2.01. The number of hydrogen-bond donors (Lipinski definition) is 1. The minimum Gasteiger partial charge on any atom is -0.493 e. The van der Waals surface area contributed by atoms with Crippen molar-refractivity contribution in [2.24, 2.45) is 0 Å². The second-order valence-electron chi connectivity index (χ2n) is 5.72. The van der Waals surface area contributed by atoms with E-state index < -0.39 is 0 Å². The van der Waals surface area contributed by atoms with Gasteiger partial charge in [-0.25, -0.2) is 0 Å². The fraction of sp³-hybridized carbons (Fsp3) is 0.381. The fourth-order valence-corrected chi connectivity index (χ4v) is 2.30. The van der Waals surface area contributed by atoms with Gasteiger partial charge in [-0.15, -0.1) is 0 Å². The zero-order chi connectivity index (χ0) is 18.6. The molecule has 5 nitrogen and oxygen atoms in total. The van der Waals surface area contributed by atoms with Crippen molar-refractivity contribution >= 4 is 11.6 Å². The second kappa shape index (κ2) is 11.2. The van der Waals surface area contributed by atoms with Crippen molar-refractivity contribution in [3.05, 3.63) is 54.1 Å². The van der Waals surface area contributed by atoms with Crippen LogP contribution in [0.3, 0.4) is 0 Å². The van der Waals surface area contributed by atoms with Gasteiger partial charge in [0.1, 0.15) is 18.1 Å². The van der Waals surface area contributed by atoms with Gasteiger partial charge < -0.3 is 19.5 Å². The first-order valence-corrected chi connectivity index (χ1v) is 9.08. The average Bonchev–Trinajstić information content (AvgIpc) is 2.67. The molecule has 0 radical (unpaired) electrons. The molecule has 1 N–H and O–H groups in total. The van der Waals surface area contributed by atoms with Gasteiger partial charge >= 0.3 is 0 Å². The highest BCUT2D eigenvalue weighted by Crippen LogP contribution is 2.21. The van der Waals surface area contributed by atoms with Crippen LogP contribution in [0.4, 0.5) is 5.69 Å². The second-order valence-corrected chi connectivity index (χ2v) is 5.72. The van der Waals surface area contributed by atoms with Gasteiger partial charge in [-0.3, -0.25) is 4.79 Å². The molecule has 2 aromatic carbocycles. The van der Waals surface area contributed by atoms with Crippen LogP contribution in [0.15, 0.2) is 48.5 Å². The molecule has 0 aromatic heterocycles. The molecule has 0 fully saturated rings. The van der Waals surface area contributed by atoms with Gasteiger partial charge in [0.05, 0.1) is 18.8 Å². The lowest BCUT2D eigenvalue weighted by molar-refractivity contribution is 0.102. The first-order chi connectivity index (χ1) is 12.7. The van der Waals surface area contributed by atoms with E-state index >= 15 is 0 Å². The number of carbonyl (C=O) groups is 1. The summed E-state index contributed by atoms with van der Waals surface area (Å²) in [6.45, 7) is 6.40. The molecule has 0 spiro atoms. The van der Waals surface area contributed by atoms with Crippen molar-refractivity contribution in [2.75, 3.05) is 31.7 Å². The van der Waals surface area contributed by atoms with Crippen molar-refractivity contribution in [3.8, 4) is 11.5 Å². The van der Waals surface area contributed by atoms with Crippen molar-refractivity contribution in [3.63, 3.8) is 0 Å². The quantitative estimate of drug-likeness (QED) is 0.600. The van der Waals surface area contributed by atoms with E-state index in [0.29, 0.717) is 43.4 Å². The summed E-state index contributed by atoms with van der Waals surface area (Å²) in [4.78, 5) is 12.6. The summed E-state index contributed by atoms with van der Waals surface area (Å²) in [5, 5.41) is 2.89. The molecular formula is C21H27NO4. The van der Waals surface area contributed by atoms with Gasteiger partial charge in [0, 0.05) is 12.3 Å². The number of nitrogens with one attached hydrogen (secondary N) is 1. The number of unbranched alkanes of at least 4 members (excludes halogenated alkanes) is 1. The third-order valence-corrected chi connectivity index (χ3v) is 3.70. The number of anilines is 1. The van der Waals surface area contributed by atoms with Crippen LogP contribution < -0.4 is 14.8 Å². The first-order valence-electron chi connectivity index (χ1n) is 9.08. The first kappa shape index (κ1) is 19.8. The zero-order valence-corrected chi connectivity index (χ0v) is 15.5. The number of rotatable bonds is 11. The van der Waals surface area contributed by atoms with Crippen LogP contribution in [-0.4, -0.2) is 32.3 Å². The molecule has 1 amide bonds. The highest BCUT2D eigenvalue weighted by atomic mass is 16.5. The van der Waals surface area contributed by atoms with Crippen LogP contribution in [-0.2, 0) is 4.74 Å². The summed E-state index contributed by atoms with van der Waals surface area (Å²) < 4.78 is 16.5. The molecule has 5 heteroatoms. The van der Waals surface area contributed by atoms with Gasteiger partial charge in [-0.05, 0) is 49.7 Å². The molecule has 0 aliphatic carbocycles. The smallest absolute Gasteiger partial charge is 0.259 e. The van der Waals surface area contributed by atoms with Gasteiger partial charge in [0.15, 0.2) is 0 Å². The molecule has 0 saturated carbocycles. The van der Waals surface area contributed by atoms with E-state index in [1.54, 1.807) is 6.07 Å². The predicted octanol–water partition coefficient (Wildman–Crippen LogP) is 4.53. The Balaban J connectivity index is 1.93. The van der Waals surface area contributed by atoms with Crippen molar-refractivity contribution in [1.82, 2.24) is 0 Å². The highest BCUT2D eigenvalue weighted by molar-refractivity contribution is 6.06. The van der Waals surface area contributed by atoms with E-state index in [1.807, 2.05) is 49.4 Å². The summed E-state index contributed by atoms with van der Waals surface area (Å²) in [7, 11) is 0. The summed E-state index contributed by atoms with van der Waals surface area (Å²) >= 11 is 0. The summed E-state index contributed by atoms with van der Waals surface area (Å²) in [5.41, 5.74) is 1.23. The Morgan fingerprint density at radius 3 is 2.42 bits per heavy atom. The monoisotopic (exact) mass is 357 g/mol. The Morgan fingerprint density at radius 1 is 0.923 bits per heavy atom. The molecule has 0 aliphatic heterocycles.